The molecule has 6 heteroatoms. The Kier molecular flexibility index (Phi) is 5.16. The van der Waals surface area contributed by atoms with E-state index in [0.717, 1.165) is 18.5 Å². The average molecular weight is 346 g/mol. The number of benzene rings is 1. The van der Waals surface area contributed by atoms with E-state index >= 15 is 0 Å². The second-order valence-corrected chi connectivity index (χ2v) is 7.32. The Morgan fingerprint density at radius 1 is 1.24 bits per heavy atom. The smallest absolute Gasteiger partial charge is 0.231 e. The molecule has 0 aliphatic carbocycles. The SMILES string of the molecule is CC(C)CCC(C)NC(=O)C1CC(=O)N(c2ccc3c(c2)OCO3)C1. The molecule has 0 radical (unpaired) electrons. The van der Waals surface area contributed by atoms with Crippen molar-refractivity contribution in [1.29, 1.82) is 0 Å². The van der Waals surface area contributed by atoms with Gasteiger partial charge in [0.15, 0.2) is 11.5 Å². The van der Waals surface area contributed by atoms with Crippen LogP contribution in [0, 0.1) is 11.8 Å². The quantitative estimate of drug-likeness (QED) is 0.860. The van der Waals surface area contributed by atoms with Gasteiger partial charge in [-0.2, -0.15) is 0 Å². The third kappa shape index (κ3) is 4.06. The molecule has 0 bridgehead atoms. The highest BCUT2D eigenvalue weighted by Crippen LogP contribution is 2.37. The van der Waals surface area contributed by atoms with E-state index in [4.69, 9.17) is 9.47 Å². The molecule has 2 aliphatic rings. The van der Waals surface area contributed by atoms with Gasteiger partial charge >= 0.3 is 0 Å². The second kappa shape index (κ2) is 7.33. The Bertz CT molecular complexity index is 659. The van der Waals surface area contributed by atoms with Crippen molar-refractivity contribution in [2.45, 2.75) is 46.1 Å². The summed E-state index contributed by atoms with van der Waals surface area (Å²) in [6.45, 7) is 6.97. The fraction of sp³-hybridized carbons (Fsp3) is 0.579. The van der Waals surface area contributed by atoms with E-state index in [1.165, 1.54) is 0 Å². The van der Waals surface area contributed by atoms with E-state index in [1.807, 2.05) is 13.0 Å². The molecule has 25 heavy (non-hydrogen) atoms. The summed E-state index contributed by atoms with van der Waals surface area (Å²) in [6.07, 6.45) is 2.28. The lowest BCUT2D eigenvalue weighted by Gasteiger charge is -2.19. The van der Waals surface area contributed by atoms with Gasteiger partial charge in [-0.05, 0) is 37.8 Å². The van der Waals surface area contributed by atoms with Crippen molar-refractivity contribution in [3.8, 4) is 11.5 Å². The maximum atomic E-state index is 12.5. The molecule has 0 aromatic heterocycles. The number of fused-ring (bicyclic) bond motifs is 1. The van der Waals surface area contributed by atoms with Gasteiger partial charge in [-0.3, -0.25) is 9.59 Å². The molecule has 2 atom stereocenters. The van der Waals surface area contributed by atoms with Crippen LogP contribution in [-0.2, 0) is 9.59 Å². The molecular weight excluding hydrogens is 320 g/mol. The summed E-state index contributed by atoms with van der Waals surface area (Å²) in [5.41, 5.74) is 0.748. The van der Waals surface area contributed by atoms with Gasteiger partial charge < -0.3 is 19.7 Å². The molecule has 3 rings (SSSR count). The van der Waals surface area contributed by atoms with Crippen LogP contribution >= 0.6 is 0 Å². The van der Waals surface area contributed by atoms with Crippen LogP contribution in [0.1, 0.15) is 40.0 Å². The largest absolute Gasteiger partial charge is 0.454 e. The minimum atomic E-state index is -0.306. The zero-order chi connectivity index (χ0) is 18.0. The molecule has 2 unspecified atom stereocenters. The molecule has 0 saturated carbocycles. The van der Waals surface area contributed by atoms with E-state index in [2.05, 4.69) is 19.2 Å². The van der Waals surface area contributed by atoms with Gasteiger partial charge in [-0.15, -0.1) is 0 Å². The topological polar surface area (TPSA) is 67.9 Å². The molecule has 0 spiro atoms. The lowest BCUT2D eigenvalue weighted by molar-refractivity contribution is -0.126. The maximum Gasteiger partial charge on any atom is 0.231 e. The zero-order valence-electron chi connectivity index (χ0n) is 15.1. The van der Waals surface area contributed by atoms with Crippen LogP contribution in [0.25, 0.3) is 0 Å². The zero-order valence-corrected chi connectivity index (χ0v) is 15.1. The third-order valence-corrected chi connectivity index (χ3v) is 4.73. The van der Waals surface area contributed by atoms with Gasteiger partial charge in [0.1, 0.15) is 0 Å². The molecule has 1 aromatic rings. The van der Waals surface area contributed by atoms with E-state index in [-0.39, 0.29) is 37.0 Å². The van der Waals surface area contributed by atoms with Gasteiger partial charge in [0.2, 0.25) is 18.6 Å². The standard InChI is InChI=1S/C19H26N2O4/c1-12(2)4-5-13(3)20-19(23)14-8-18(22)21(10-14)15-6-7-16-17(9-15)25-11-24-16/h6-7,9,12-14H,4-5,8,10-11H2,1-3H3,(H,20,23). The molecule has 1 saturated heterocycles. The molecular formula is C19H26N2O4. The summed E-state index contributed by atoms with van der Waals surface area (Å²) in [5.74, 6) is 1.57. The third-order valence-electron chi connectivity index (χ3n) is 4.73. The van der Waals surface area contributed by atoms with Crippen LogP contribution < -0.4 is 19.7 Å². The second-order valence-electron chi connectivity index (χ2n) is 7.32. The van der Waals surface area contributed by atoms with Crippen molar-refractivity contribution in [3.63, 3.8) is 0 Å². The molecule has 2 aliphatic heterocycles. The first-order chi connectivity index (χ1) is 11.9. The minimum absolute atomic E-state index is 0.0335. The van der Waals surface area contributed by atoms with Crippen LogP contribution in [-0.4, -0.2) is 31.2 Å². The summed E-state index contributed by atoms with van der Waals surface area (Å²) >= 11 is 0. The Hall–Kier alpha value is -2.24. The first kappa shape index (κ1) is 17.6. The summed E-state index contributed by atoms with van der Waals surface area (Å²) in [4.78, 5) is 26.5. The van der Waals surface area contributed by atoms with Gasteiger partial charge in [0, 0.05) is 30.8 Å². The normalized spacial score (nSPS) is 20.2. The number of hydrogen-bond acceptors (Lipinski definition) is 4. The number of nitrogens with one attached hydrogen (secondary N) is 1. The maximum absolute atomic E-state index is 12.5. The van der Waals surface area contributed by atoms with Crippen LogP contribution in [0.5, 0.6) is 11.5 Å². The minimum Gasteiger partial charge on any atom is -0.454 e. The van der Waals surface area contributed by atoms with Crippen LogP contribution in [0.4, 0.5) is 5.69 Å². The Morgan fingerprint density at radius 3 is 2.76 bits per heavy atom. The molecule has 136 valence electrons. The summed E-state index contributed by atoms with van der Waals surface area (Å²) < 4.78 is 10.7. The number of carbonyl (C=O) groups excluding carboxylic acids is 2. The number of nitrogens with zero attached hydrogens (tertiary/aromatic N) is 1. The molecule has 6 nitrogen and oxygen atoms in total. The van der Waals surface area contributed by atoms with Gasteiger partial charge in [0.05, 0.1) is 5.92 Å². The van der Waals surface area contributed by atoms with Gasteiger partial charge in [0.25, 0.3) is 0 Å². The van der Waals surface area contributed by atoms with Crippen molar-refractivity contribution in [2.75, 3.05) is 18.2 Å². The molecule has 1 aromatic carbocycles. The van der Waals surface area contributed by atoms with Crippen molar-refractivity contribution >= 4 is 17.5 Å². The average Bonchev–Trinajstić information content (AvgIpc) is 3.18. The number of rotatable bonds is 6. The number of hydrogen-bond donors (Lipinski definition) is 1. The number of anilines is 1. The van der Waals surface area contributed by atoms with Crippen LogP contribution in [0.3, 0.4) is 0 Å². The number of carbonyl (C=O) groups is 2. The Labute approximate surface area is 148 Å². The lowest BCUT2D eigenvalue weighted by Crippen LogP contribution is -2.38. The van der Waals surface area contributed by atoms with E-state index < -0.39 is 0 Å². The van der Waals surface area contributed by atoms with Crippen molar-refractivity contribution < 1.29 is 19.1 Å². The number of ether oxygens (including phenoxy) is 2. The first-order valence-electron chi connectivity index (χ1n) is 8.94. The summed E-state index contributed by atoms with van der Waals surface area (Å²) in [5, 5.41) is 3.05. The highest BCUT2D eigenvalue weighted by molar-refractivity contribution is 6.00. The fourth-order valence-electron chi connectivity index (χ4n) is 3.20. The van der Waals surface area contributed by atoms with Crippen molar-refractivity contribution in [2.24, 2.45) is 11.8 Å². The lowest BCUT2D eigenvalue weighted by atomic mass is 10.0. The Balaban J connectivity index is 1.59. The summed E-state index contributed by atoms with van der Waals surface area (Å²) in [6, 6.07) is 5.55. The molecule has 1 N–H and O–H groups in total. The Morgan fingerprint density at radius 2 is 2.00 bits per heavy atom. The molecule has 1 fully saturated rings. The number of amides is 2. The van der Waals surface area contributed by atoms with E-state index in [9.17, 15) is 9.59 Å². The van der Waals surface area contributed by atoms with Crippen LogP contribution in [0.15, 0.2) is 18.2 Å². The molecule has 2 heterocycles. The van der Waals surface area contributed by atoms with Crippen LogP contribution in [0.2, 0.25) is 0 Å². The highest BCUT2D eigenvalue weighted by Gasteiger charge is 2.36. The van der Waals surface area contributed by atoms with Crippen molar-refractivity contribution in [3.05, 3.63) is 18.2 Å². The highest BCUT2D eigenvalue weighted by atomic mass is 16.7. The van der Waals surface area contributed by atoms with E-state index in [1.54, 1.807) is 17.0 Å². The monoisotopic (exact) mass is 346 g/mol. The van der Waals surface area contributed by atoms with Gasteiger partial charge in [-0.1, -0.05) is 13.8 Å². The predicted molar refractivity (Wildman–Crippen MR) is 94.7 cm³/mol. The summed E-state index contributed by atoms with van der Waals surface area (Å²) in [7, 11) is 0. The van der Waals surface area contributed by atoms with Gasteiger partial charge in [-0.25, -0.2) is 0 Å². The van der Waals surface area contributed by atoms with Crippen molar-refractivity contribution in [1.82, 2.24) is 5.32 Å². The fourth-order valence-corrected chi connectivity index (χ4v) is 3.20. The van der Waals surface area contributed by atoms with E-state index in [0.29, 0.717) is 24.0 Å². The predicted octanol–water partition coefficient (Wildman–Crippen LogP) is 2.71. The first-order valence-corrected chi connectivity index (χ1v) is 8.94. The molecule has 2 amide bonds.